The van der Waals surface area contributed by atoms with Crippen molar-refractivity contribution in [3.05, 3.63) is 51.7 Å². The molecule has 0 amide bonds. The molecule has 1 aromatic rings. The van der Waals surface area contributed by atoms with Gasteiger partial charge in [-0.05, 0) is 256 Å². The van der Waals surface area contributed by atoms with Gasteiger partial charge in [0.05, 0.1) is 17.8 Å². The Labute approximate surface area is 665 Å². The fraction of sp³-hybridized carbons (Fsp3) is 0.829. The Morgan fingerprint density at radius 2 is 0.718 bits per heavy atom. The average molecular weight is 1540 g/mol. The fourth-order valence-electron chi connectivity index (χ4n) is 16.8. The molecule has 8 aliphatic heterocycles. The van der Waals surface area contributed by atoms with Crippen LogP contribution in [0.4, 0.5) is 5.69 Å². The Hall–Kier alpha value is -6.14. The van der Waals surface area contributed by atoms with Gasteiger partial charge in [-0.2, -0.15) is 0 Å². The molecule has 9 fully saturated rings. The van der Waals surface area contributed by atoms with E-state index < -0.39 is 0 Å². The summed E-state index contributed by atoms with van der Waals surface area (Å²) in [6.07, 6.45) is 23.8. The standard InChI is InChI=1S/C15H27N2O2.C13H23N2O2.C11H17N3.3C9H19N3.2C8H17N4/c1-11(13-6-4-12(10-16)5-7-13)9-15(18)14-3-2-8-17(14)19;1-10(11-4-6-14-7-5-11)9-13(16)12-3-2-8-15(12)17;1-8(2)7-9-3-5-10(6-4-9)14-11(12)13;3*1-7(2)8-3-5-12(6-4-8)9(10)11;2*1-6(9)7-2-4-12(5-3-7)8(10)11/h11-14H,2-10,16H2,1H3;10-12,14H,2-9H2,1H3;3-6,8H,7H2,1-2H3,(H4,12,13,14);3*7-8H,3-6H2,1-2H3,(H3,10,11);2*6-7,9H,2-5H2,1H3,(H3,10,11)/q2*-1;;;;;2*-1/t11?,12?,13?,14-;10?,12-;;;;;;/m00....../s1. The molecule has 0 spiro atoms. The summed E-state index contributed by atoms with van der Waals surface area (Å²) in [7, 11) is 0. The lowest BCUT2D eigenvalue weighted by Gasteiger charge is -2.36. The van der Waals surface area contributed by atoms with Crippen LogP contribution in [0.25, 0.3) is 11.5 Å². The largest absolute Gasteiger partial charge is 0.785 e. The molecule has 1 aliphatic carbocycles. The highest BCUT2D eigenvalue weighted by atomic mass is 16.5. The molecule has 1 aromatic carbocycles. The highest BCUT2D eigenvalue weighted by Crippen LogP contribution is 2.36. The normalized spacial score (nSPS) is 23.2. The van der Waals surface area contributed by atoms with Crippen LogP contribution in [-0.2, 0) is 16.0 Å². The number of nitrogens with two attached hydrogens (primary N) is 8. The molecular formula is C82H158N24O4-4. The molecule has 8 saturated heterocycles. The summed E-state index contributed by atoms with van der Waals surface area (Å²) in [6, 6.07) is 7.35. The Morgan fingerprint density at radius 1 is 0.427 bits per heavy atom. The van der Waals surface area contributed by atoms with Crippen molar-refractivity contribution in [2.45, 2.75) is 255 Å². The van der Waals surface area contributed by atoms with Gasteiger partial charge in [-0.3, -0.25) is 36.6 Å². The zero-order chi connectivity index (χ0) is 82.3. The van der Waals surface area contributed by atoms with Gasteiger partial charge in [0.2, 0.25) is 0 Å². The van der Waals surface area contributed by atoms with Crippen LogP contribution < -0.4 is 51.2 Å². The van der Waals surface area contributed by atoms with E-state index in [-0.39, 0.29) is 71.5 Å². The quantitative estimate of drug-likeness (QED) is 0.0509. The number of benzene rings is 1. The third-order valence-electron chi connectivity index (χ3n) is 24.9. The Morgan fingerprint density at radius 3 is 0.955 bits per heavy atom. The number of carbonyl (C=O) groups is 2. The van der Waals surface area contributed by atoms with E-state index in [0.717, 1.165) is 194 Å². The van der Waals surface area contributed by atoms with Gasteiger partial charge in [-0.15, -0.1) is 12.1 Å². The summed E-state index contributed by atoms with van der Waals surface area (Å²) in [5, 5.41) is 64.5. The summed E-state index contributed by atoms with van der Waals surface area (Å²) in [5.74, 6) is 10.8. The maximum atomic E-state index is 12.2. The molecule has 110 heavy (non-hydrogen) atoms. The van der Waals surface area contributed by atoms with Crippen molar-refractivity contribution in [3.8, 4) is 0 Å². The summed E-state index contributed by atoms with van der Waals surface area (Å²) >= 11 is 0. The van der Waals surface area contributed by atoms with E-state index in [2.05, 4.69) is 91.7 Å². The average Bonchev–Trinajstić information content (AvgIpc) is 1.66. The molecule has 4 unspecified atom stereocenters. The van der Waals surface area contributed by atoms with Crippen LogP contribution >= 0.6 is 0 Å². The highest BCUT2D eigenvalue weighted by molar-refractivity contribution is 5.85. The van der Waals surface area contributed by atoms with E-state index in [9.17, 15) is 20.0 Å². The van der Waals surface area contributed by atoms with E-state index in [1.807, 2.05) is 50.5 Å². The first-order chi connectivity index (χ1) is 51.9. The molecule has 0 radical (unpaired) electrons. The van der Waals surface area contributed by atoms with Crippen LogP contribution in [0.2, 0.25) is 0 Å². The molecule has 8 heterocycles. The van der Waals surface area contributed by atoms with E-state index in [1.165, 1.54) is 82.6 Å². The van der Waals surface area contributed by atoms with Gasteiger partial charge >= 0.3 is 0 Å². The van der Waals surface area contributed by atoms with E-state index in [1.54, 1.807) is 0 Å². The van der Waals surface area contributed by atoms with Gasteiger partial charge < -0.3 is 108 Å². The first kappa shape index (κ1) is 98.1. The Bertz CT molecular complexity index is 2550. The molecule has 6 atom stereocenters. The molecule has 28 nitrogen and oxygen atoms in total. The second-order valence-electron chi connectivity index (χ2n) is 34.7. The van der Waals surface area contributed by atoms with Crippen molar-refractivity contribution < 1.29 is 9.59 Å². The number of rotatable bonds is 17. The number of aliphatic imine (C=N–C) groups is 1. The number of carbonyl (C=O) groups excluding carboxylic acids is 2. The number of Topliss-reactive ketones (excluding diaryl/α,β-unsaturated/α-hetero) is 2. The third kappa shape index (κ3) is 37.7. The van der Waals surface area contributed by atoms with Crippen molar-refractivity contribution in [1.82, 2.24) is 39.9 Å². The molecule has 1 saturated carbocycles. The highest BCUT2D eigenvalue weighted by Gasteiger charge is 2.33. The summed E-state index contributed by atoms with van der Waals surface area (Å²) in [6.45, 7) is 39.5. The van der Waals surface area contributed by atoms with Crippen LogP contribution in [0, 0.1) is 120 Å². The van der Waals surface area contributed by atoms with Gasteiger partial charge in [-0.1, -0.05) is 107 Å². The molecule has 0 bridgehead atoms. The lowest BCUT2D eigenvalue weighted by Crippen LogP contribution is -2.43. The molecular weight excluding hydrogens is 1390 g/mol. The van der Waals surface area contributed by atoms with Gasteiger partial charge in [0.1, 0.15) is 11.6 Å². The van der Waals surface area contributed by atoms with Crippen LogP contribution in [-0.4, -0.2) is 204 Å². The smallest absolute Gasteiger partial charge is 0.191 e. The minimum atomic E-state index is -0.345. The lowest BCUT2D eigenvalue weighted by molar-refractivity contribution is -0.124. The number of nitrogens with one attached hydrogen (secondary N) is 8. The Kier molecular flexibility index (Phi) is 46.6. The number of piperidine rings is 6. The first-order valence-electron chi connectivity index (χ1n) is 42.3. The van der Waals surface area contributed by atoms with E-state index >= 15 is 0 Å². The molecule has 24 N–H and O–H groups in total. The second kappa shape index (κ2) is 52.3. The SMILES string of the molecule is CC(C)C1CCN(C(=N)N)CC1.CC(C)C1CCN(C(=N)N)CC1.CC(C)C1CCN(C(=N)N)CC1.CC(C)Cc1ccc(N=C(N)N)cc1.CC(CC(=O)[C@@H]1CCCN1[O-])C1CCC(CN)CC1.CC(CC(=O)[C@@H]1CCCN1[O-])C1CCNCC1.CC([NH-])C1CCN(C(=N)N)CC1.CC([NH-])C1CCN(C(=N)N)CC1. The van der Waals surface area contributed by atoms with Crippen LogP contribution in [0.5, 0.6) is 0 Å². The van der Waals surface area contributed by atoms with E-state index in [0.29, 0.717) is 73.3 Å². The number of likely N-dealkylation sites (tertiary alicyclic amines) is 5. The third-order valence-corrected chi connectivity index (χ3v) is 24.9. The van der Waals surface area contributed by atoms with Crippen molar-refractivity contribution in [2.24, 2.45) is 134 Å². The zero-order valence-electron chi connectivity index (χ0n) is 70.4. The van der Waals surface area contributed by atoms with Crippen molar-refractivity contribution in [1.29, 1.82) is 27.0 Å². The number of nitrogens with zero attached hydrogens (tertiary/aromatic N) is 8. The van der Waals surface area contributed by atoms with E-state index in [4.69, 9.17) is 84.4 Å². The zero-order valence-corrected chi connectivity index (χ0v) is 70.4. The fourth-order valence-corrected chi connectivity index (χ4v) is 16.8. The summed E-state index contributed by atoms with van der Waals surface area (Å²) < 4.78 is 0. The second-order valence-corrected chi connectivity index (χ2v) is 34.7. The van der Waals surface area contributed by atoms with Gasteiger partial charge in [-0.25, -0.2) is 4.99 Å². The van der Waals surface area contributed by atoms with Crippen molar-refractivity contribution in [2.75, 3.05) is 98.2 Å². The van der Waals surface area contributed by atoms with Gasteiger partial charge in [0.25, 0.3) is 0 Å². The van der Waals surface area contributed by atoms with Crippen LogP contribution in [0.15, 0.2) is 29.3 Å². The topological polar surface area (TPSA) is 502 Å². The maximum absolute atomic E-state index is 12.2. The monoisotopic (exact) mass is 1540 g/mol. The van der Waals surface area contributed by atoms with Crippen molar-refractivity contribution >= 4 is 53.0 Å². The maximum Gasteiger partial charge on any atom is 0.191 e. The van der Waals surface area contributed by atoms with Gasteiger partial charge in [0.15, 0.2) is 35.8 Å². The number of guanidine groups is 6. The van der Waals surface area contributed by atoms with Crippen LogP contribution in [0.1, 0.15) is 230 Å². The Balaban J connectivity index is 0.000000328. The predicted molar refractivity (Wildman–Crippen MR) is 457 cm³/mol. The molecule has 634 valence electrons. The minimum Gasteiger partial charge on any atom is -0.785 e. The number of hydroxylamine groups is 4. The summed E-state index contributed by atoms with van der Waals surface area (Å²) in [4.78, 5) is 37.8. The summed E-state index contributed by atoms with van der Waals surface area (Å²) in [5.41, 5.74) is 60.3. The number of hydrogen-bond acceptors (Lipinski definition) is 14. The minimum absolute atomic E-state index is 0.0270. The van der Waals surface area contributed by atoms with Gasteiger partial charge in [0, 0.05) is 78.3 Å². The predicted octanol–water partition coefficient (Wildman–Crippen LogP) is 11.5. The lowest BCUT2D eigenvalue weighted by atomic mass is 9.74. The number of hydrogen-bond donors (Lipinski definition) is 14. The number of ketones is 2. The molecule has 10 rings (SSSR count). The van der Waals surface area contributed by atoms with Crippen LogP contribution in [0.3, 0.4) is 0 Å². The van der Waals surface area contributed by atoms with Crippen molar-refractivity contribution in [3.63, 3.8) is 0 Å². The first-order valence-corrected chi connectivity index (χ1v) is 42.3. The molecule has 9 aliphatic rings. The molecule has 28 heteroatoms. The molecule has 0 aromatic heterocycles.